The highest BCUT2D eigenvalue weighted by molar-refractivity contribution is 5.75. The Kier molecular flexibility index (Phi) is 3.69. The van der Waals surface area contributed by atoms with Crippen molar-refractivity contribution in [2.75, 3.05) is 34.8 Å². The molecule has 1 aliphatic rings. The molecule has 0 radical (unpaired) electrons. The number of hydrogen-bond donors (Lipinski definition) is 0. The molecule has 0 aliphatic heterocycles. The molecule has 0 spiro atoms. The van der Waals surface area contributed by atoms with Crippen molar-refractivity contribution >= 4 is 5.97 Å². The second kappa shape index (κ2) is 4.62. The fraction of sp³-hybridized carbons (Fsp3) is 0.583. The number of carbonyl (C=O) groups excluding carboxylic acids is 1. The van der Waals surface area contributed by atoms with Gasteiger partial charge in [0.15, 0.2) is 0 Å². The number of ether oxygens (including phenoxy) is 1. The minimum atomic E-state index is -0.141. The Balaban J connectivity index is 2.69. The van der Waals surface area contributed by atoms with Gasteiger partial charge in [0.2, 0.25) is 0 Å². The summed E-state index contributed by atoms with van der Waals surface area (Å²) in [5.41, 5.74) is 1.21. The quantitative estimate of drug-likeness (QED) is 0.519. The van der Waals surface area contributed by atoms with Crippen LogP contribution in [0.4, 0.5) is 0 Å². The smallest absolute Gasteiger partial charge is 0.312 e. The molecule has 1 rings (SSSR count). The van der Waals surface area contributed by atoms with E-state index in [2.05, 4.69) is 27.2 Å². The maximum atomic E-state index is 11.4. The minimum Gasteiger partial charge on any atom is -0.469 e. The van der Waals surface area contributed by atoms with Gasteiger partial charge in [-0.25, -0.2) is 0 Å². The zero-order valence-corrected chi connectivity index (χ0v) is 9.99. The van der Waals surface area contributed by atoms with Gasteiger partial charge >= 0.3 is 5.97 Å². The van der Waals surface area contributed by atoms with Crippen molar-refractivity contribution < 1.29 is 14.0 Å². The van der Waals surface area contributed by atoms with Crippen molar-refractivity contribution in [3.8, 4) is 0 Å². The van der Waals surface area contributed by atoms with Gasteiger partial charge in [-0.15, -0.1) is 0 Å². The summed E-state index contributed by atoms with van der Waals surface area (Å²) in [6.07, 6.45) is 6.93. The number of rotatable bonds is 3. The van der Waals surface area contributed by atoms with Crippen molar-refractivity contribution in [2.24, 2.45) is 5.92 Å². The number of allylic oxidation sites excluding steroid dienone is 1. The molecule has 0 saturated heterocycles. The Morgan fingerprint density at radius 1 is 1.53 bits per heavy atom. The first-order chi connectivity index (χ1) is 6.92. The summed E-state index contributed by atoms with van der Waals surface area (Å²) in [5, 5.41) is 0. The number of nitrogens with zero attached hydrogens (tertiary/aromatic N) is 1. The third-order valence-electron chi connectivity index (χ3n) is 2.30. The number of methoxy groups -OCH3 is 1. The van der Waals surface area contributed by atoms with Gasteiger partial charge < -0.3 is 9.22 Å². The van der Waals surface area contributed by atoms with Crippen molar-refractivity contribution in [2.45, 2.75) is 6.42 Å². The molecule has 0 fully saturated rings. The molecule has 0 aromatic carbocycles. The molecule has 0 aromatic heterocycles. The number of quaternary nitrogens is 1. The summed E-state index contributed by atoms with van der Waals surface area (Å²) in [7, 11) is 7.84. The van der Waals surface area contributed by atoms with Crippen LogP contribution in [0.3, 0.4) is 0 Å². The van der Waals surface area contributed by atoms with Crippen LogP contribution in [0.5, 0.6) is 0 Å². The SMILES string of the molecule is COC(=O)C1C=C(C[N+](C)(C)C)C=CC1. The lowest BCUT2D eigenvalue weighted by molar-refractivity contribution is -0.865. The first-order valence-electron chi connectivity index (χ1n) is 5.18. The fourth-order valence-corrected chi connectivity index (χ4v) is 1.72. The fourth-order valence-electron chi connectivity index (χ4n) is 1.72. The highest BCUT2D eigenvalue weighted by Gasteiger charge is 2.20. The topological polar surface area (TPSA) is 26.3 Å². The summed E-state index contributed by atoms with van der Waals surface area (Å²) in [6.45, 7) is 0.935. The van der Waals surface area contributed by atoms with Gasteiger partial charge in [0, 0.05) is 5.57 Å². The average molecular weight is 210 g/mol. The number of hydrogen-bond acceptors (Lipinski definition) is 2. The predicted octanol–water partition coefficient (Wildman–Crippen LogP) is 1.37. The molecule has 0 saturated carbocycles. The van der Waals surface area contributed by atoms with Crippen molar-refractivity contribution in [1.29, 1.82) is 0 Å². The zero-order valence-electron chi connectivity index (χ0n) is 9.99. The Bertz CT molecular complexity index is 297. The van der Waals surface area contributed by atoms with Gasteiger partial charge in [-0.05, 0) is 6.42 Å². The molecule has 3 nitrogen and oxygen atoms in total. The second-order valence-electron chi connectivity index (χ2n) is 4.96. The lowest BCUT2D eigenvalue weighted by Gasteiger charge is -2.26. The van der Waals surface area contributed by atoms with E-state index in [4.69, 9.17) is 4.74 Å². The van der Waals surface area contributed by atoms with Gasteiger partial charge in [-0.1, -0.05) is 18.2 Å². The second-order valence-corrected chi connectivity index (χ2v) is 4.96. The average Bonchev–Trinajstić information content (AvgIpc) is 2.14. The van der Waals surface area contributed by atoms with E-state index in [-0.39, 0.29) is 11.9 Å². The summed E-state index contributed by atoms with van der Waals surface area (Å²) in [4.78, 5) is 11.4. The maximum Gasteiger partial charge on any atom is 0.312 e. The normalized spacial score (nSPS) is 21.1. The minimum absolute atomic E-state index is 0.0958. The van der Waals surface area contributed by atoms with E-state index in [9.17, 15) is 4.79 Å². The van der Waals surface area contributed by atoms with Crippen LogP contribution in [0, 0.1) is 5.92 Å². The van der Waals surface area contributed by atoms with E-state index in [0.717, 1.165) is 17.4 Å². The van der Waals surface area contributed by atoms with Crippen LogP contribution in [0.1, 0.15) is 6.42 Å². The van der Waals surface area contributed by atoms with Crippen LogP contribution < -0.4 is 0 Å². The molecule has 0 N–H and O–H groups in total. The van der Waals surface area contributed by atoms with Gasteiger partial charge in [0.1, 0.15) is 6.54 Å². The van der Waals surface area contributed by atoms with E-state index in [1.54, 1.807) is 0 Å². The standard InChI is InChI=1S/C12H20NO2/c1-13(2,3)9-10-6-5-7-11(8-10)12(14)15-4/h5-6,8,11H,7,9H2,1-4H3/q+1. The number of likely N-dealkylation sites (N-methyl/N-ethyl adjacent to an activating group) is 1. The highest BCUT2D eigenvalue weighted by Crippen LogP contribution is 2.19. The Hall–Kier alpha value is -1.09. The molecule has 1 atom stereocenters. The van der Waals surface area contributed by atoms with Crippen molar-refractivity contribution in [3.05, 3.63) is 23.8 Å². The molecule has 84 valence electrons. The summed E-state index contributed by atoms with van der Waals surface area (Å²) >= 11 is 0. The van der Waals surface area contributed by atoms with Gasteiger partial charge in [-0.3, -0.25) is 4.79 Å². The van der Waals surface area contributed by atoms with E-state index in [1.165, 1.54) is 12.7 Å². The van der Waals surface area contributed by atoms with Crippen LogP contribution in [-0.4, -0.2) is 45.2 Å². The monoisotopic (exact) mass is 210 g/mol. The van der Waals surface area contributed by atoms with Crippen molar-refractivity contribution in [3.63, 3.8) is 0 Å². The molecule has 0 heterocycles. The third-order valence-corrected chi connectivity index (χ3v) is 2.30. The molecule has 3 heteroatoms. The van der Waals surface area contributed by atoms with Crippen LogP contribution in [0.2, 0.25) is 0 Å². The Labute approximate surface area is 91.6 Å². The Morgan fingerprint density at radius 3 is 2.73 bits per heavy atom. The number of esters is 1. The van der Waals surface area contributed by atoms with E-state index >= 15 is 0 Å². The first-order valence-corrected chi connectivity index (χ1v) is 5.18. The van der Waals surface area contributed by atoms with Crippen LogP contribution in [0.25, 0.3) is 0 Å². The molecular formula is C12H20NO2+. The van der Waals surface area contributed by atoms with E-state index < -0.39 is 0 Å². The molecule has 0 amide bonds. The van der Waals surface area contributed by atoms with Gasteiger partial charge in [-0.2, -0.15) is 0 Å². The predicted molar refractivity (Wildman–Crippen MR) is 60.2 cm³/mol. The molecule has 1 aliphatic carbocycles. The zero-order chi connectivity index (χ0) is 11.5. The molecule has 1 unspecified atom stereocenters. The lowest BCUT2D eigenvalue weighted by Crippen LogP contribution is -2.36. The maximum absolute atomic E-state index is 11.4. The largest absolute Gasteiger partial charge is 0.469 e. The first kappa shape index (κ1) is 12.0. The summed E-state index contributed by atoms with van der Waals surface area (Å²) in [5.74, 6) is -0.236. The van der Waals surface area contributed by atoms with Crippen LogP contribution in [-0.2, 0) is 9.53 Å². The van der Waals surface area contributed by atoms with E-state index in [0.29, 0.717) is 0 Å². The number of carbonyl (C=O) groups is 1. The van der Waals surface area contributed by atoms with Crippen molar-refractivity contribution in [1.82, 2.24) is 0 Å². The highest BCUT2D eigenvalue weighted by atomic mass is 16.5. The van der Waals surface area contributed by atoms with Gasteiger partial charge in [0.25, 0.3) is 0 Å². The molecule has 0 aromatic rings. The lowest BCUT2D eigenvalue weighted by atomic mass is 9.96. The molecule has 15 heavy (non-hydrogen) atoms. The van der Waals surface area contributed by atoms with E-state index in [1.807, 2.05) is 12.2 Å². The third kappa shape index (κ3) is 3.88. The molecule has 0 bridgehead atoms. The summed E-state index contributed by atoms with van der Waals surface area (Å²) in [6, 6.07) is 0. The summed E-state index contributed by atoms with van der Waals surface area (Å²) < 4.78 is 5.61. The van der Waals surface area contributed by atoms with Crippen LogP contribution >= 0.6 is 0 Å². The Morgan fingerprint density at radius 2 is 2.20 bits per heavy atom. The molecular weight excluding hydrogens is 190 g/mol. The van der Waals surface area contributed by atoms with Crippen LogP contribution in [0.15, 0.2) is 23.8 Å². The van der Waals surface area contributed by atoms with Gasteiger partial charge in [0.05, 0.1) is 34.2 Å².